The Kier molecular flexibility index (Phi) is 6.81. The van der Waals surface area contributed by atoms with Gasteiger partial charge in [-0.05, 0) is 81.4 Å². The van der Waals surface area contributed by atoms with E-state index in [4.69, 9.17) is 4.74 Å². The molecule has 6 heteroatoms. The second kappa shape index (κ2) is 10.1. The fourth-order valence-corrected chi connectivity index (χ4v) is 5.02. The number of carbonyl (C=O) groups is 1. The SMILES string of the molecule is O=C(NC(Cc1ccc(OC2CC2)c(F)c1)CN1CCCC1)[C@@H]1CCN(c2ccccc2)C1. The highest BCUT2D eigenvalue weighted by Gasteiger charge is 2.30. The molecule has 2 heterocycles. The summed E-state index contributed by atoms with van der Waals surface area (Å²) in [6.07, 6.45) is 6.09. The van der Waals surface area contributed by atoms with E-state index in [0.717, 1.165) is 57.5 Å². The van der Waals surface area contributed by atoms with Gasteiger partial charge in [-0.2, -0.15) is 0 Å². The number of nitrogens with one attached hydrogen (secondary N) is 1. The van der Waals surface area contributed by atoms with Gasteiger partial charge in [0.2, 0.25) is 5.91 Å². The Bertz CT molecular complexity index is 944. The molecule has 176 valence electrons. The van der Waals surface area contributed by atoms with Gasteiger partial charge in [0.15, 0.2) is 11.6 Å². The number of rotatable bonds is 9. The summed E-state index contributed by atoms with van der Waals surface area (Å²) >= 11 is 0. The maximum Gasteiger partial charge on any atom is 0.225 e. The van der Waals surface area contributed by atoms with E-state index in [2.05, 4.69) is 27.2 Å². The third-order valence-corrected chi connectivity index (χ3v) is 7.00. The van der Waals surface area contributed by atoms with Gasteiger partial charge in [-0.3, -0.25) is 4.79 Å². The van der Waals surface area contributed by atoms with Crippen molar-refractivity contribution >= 4 is 11.6 Å². The molecule has 0 bridgehead atoms. The van der Waals surface area contributed by atoms with E-state index in [9.17, 15) is 9.18 Å². The molecule has 2 saturated heterocycles. The highest BCUT2D eigenvalue weighted by molar-refractivity contribution is 5.80. The van der Waals surface area contributed by atoms with Crippen LogP contribution < -0.4 is 15.0 Å². The molecule has 1 N–H and O–H groups in total. The first kappa shape index (κ1) is 22.2. The molecule has 1 amide bonds. The largest absolute Gasteiger partial charge is 0.487 e. The molecule has 5 rings (SSSR count). The molecule has 3 fully saturated rings. The molecule has 2 atom stereocenters. The normalized spacial score (nSPS) is 21.8. The van der Waals surface area contributed by atoms with Crippen LogP contribution in [0.3, 0.4) is 0 Å². The van der Waals surface area contributed by atoms with Crippen molar-refractivity contribution < 1.29 is 13.9 Å². The minimum Gasteiger partial charge on any atom is -0.487 e. The van der Waals surface area contributed by atoms with Crippen LogP contribution in [0.2, 0.25) is 0 Å². The highest BCUT2D eigenvalue weighted by Crippen LogP contribution is 2.29. The minimum absolute atomic E-state index is 0.0164. The topological polar surface area (TPSA) is 44.8 Å². The van der Waals surface area contributed by atoms with Crippen molar-refractivity contribution in [3.63, 3.8) is 0 Å². The van der Waals surface area contributed by atoms with E-state index in [1.807, 2.05) is 24.3 Å². The average molecular weight is 452 g/mol. The summed E-state index contributed by atoms with van der Waals surface area (Å²) in [5, 5.41) is 3.32. The second-order valence-electron chi connectivity index (χ2n) is 9.77. The van der Waals surface area contributed by atoms with Crippen molar-refractivity contribution in [3.05, 3.63) is 59.9 Å². The lowest BCUT2D eigenvalue weighted by Gasteiger charge is -2.26. The van der Waals surface area contributed by atoms with Crippen molar-refractivity contribution in [2.45, 2.75) is 50.7 Å². The number of carbonyl (C=O) groups excluding carboxylic acids is 1. The molecular formula is C27H34FN3O2. The average Bonchev–Trinajstić information content (AvgIpc) is 3.26. The van der Waals surface area contributed by atoms with Crippen LogP contribution in [0.15, 0.2) is 48.5 Å². The van der Waals surface area contributed by atoms with Crippen LogP contribution >= 0.6 is 0 Å². The predicted molar refractivity (Wildman–Crippen MR) is 128 cm³/mol. The lowest BCUT2D eigenvalue weighted by molar-refractivity contribution is -0.125. The lowest BCUT2D eigenvalue weighted by atomic mass is 10.0. The Morgan fingerprint density at radius 2 is 1.85 bits per heavy atom. The quantitative estimate of drug-likeness (QED) is 0.626. The maximum atomic E-state index is 14.6. The number of hydrogen-bond acceptors (Lipinski definition) is 4. The minimum atomic E-state index is -0.306. The smallest absolute Gasteiger partial charge is 0.225 e. The van der Waals surface area contributed by atoms with E-state index >= 15 is 0 Å². The number of nitrogens with zero attached hydrogens (tertiary/aromatic N) is 2. The van der Waals surface area contributed by atoms with Gasteiger partial charge in [0, 0.05) is 31.4 Å². The molecule has 0 radical (unpaired) electrons. The Labute approximate surface area is 195 Å². The first-order valence-electron chi connectivity index (χ1n) is 12.4. The standard InChI is InChI=1S/C27H34FN3O2/c28-25-17-20(8-11-26(25)33-24-9-10-24)16-22(19-30-13-4-5-14-30)29-27(32)21-12-15-31(18-21)23-6-2-1-3-7-23/h1-3,6-8,11,17,21-22,24H,4-5,9-10,12-16,18-19H2,(H,29,32)/t21-,22?/m1/s1. The van der Waals surface area contributed by atoms with Crippen molar-refractivity contribution in [2.24, 2.45) is 5.92 Å². The van der Waals surface area contributed by atoms with Gasteiger partial charge >= 0.3 is 0 Å². The number of hydrogen-bond donors (Lipinski definition) is 1. The van der Waals surface area contributed by atoms with Crippen LogP contribution in [0.25, 0.3) is 0 Å². The molecule has 1 saturated carbocycles. The first-order chi connectivity index (χ1) is 16.1. The van der Waals surface area contributed by atoms with Gasteiger partial charge in [0.05, 0.1) is 12.0 Å². The molecule has 0 aromatic heterocycles. The molecule has 2 aromatic rings. The van der Waals surface area contributed by atoms with Gasteiger partial charge in [-0.25, -0.2) is 4.39 Å². The number of para-hydroxylation sites is 1. The van der Waals surface area contributed by atoms with Crippen LogP contribution in [-0.4, -0.2) is 55.7 Å². The summed E-state index contributed by atoms with van der Waals surface area (Å²) in [5.74, 6) is 0.136. The Balaban J connectivity index is 1.22. The zero-order valence-electron chi connectivity index (χ0n) is 19.2. The molecule has 5 nitrogen and oxygen atoms in total. The van der Waals surface area contributed by atoms with Crippen LogP contribution in [0, 0.1) is 11.7 Å². The van der Waals surface area contributed by atoms with E-state index < -0.39 is 0 Å². The third-order valence-electron chi connectivity index (χ3n) is 7.00. The van der Waals surface area contributed by atoms with Gasteiger partial charge in [-0.1, -0.05) is 24.3 Å². The number of likely N-dealkylation sites (tertiary alicyclic amines) is 1. The van der Waals surface area contributed by atoms with Crippen LogP contribution in [0.5, 0.6) is 5.75 Å². The van der Waals surface area contributed by atoms with E-state index in [0.29, 0.717) is 12.2 Å². The summed E-state index contributed by atoms with van der Waals surface area (Å²) in [4.78, 5) is 17.9. The van der Waals surface area contributed by atoms with Crippen molar-refractivity contribution in [3.8, 4) is 5.75 Å². The highest BCUT2D eigenvalue weighted by atomic mass is 19.1. The summed E-state index contributed by atoms with van der Waals surface area (Å²) in [6, 6.07) is 15.5. The van der Waals surface area contributed by atoms with Crippen LogP contribution in [0.1, 0.15) is 37.7 Å². The molecular weight excluding hydrogens is 417 g/mol. The van der Waals surface area contributed by atoms with Gasteiger partial charge < -0.3 is 19.9 Å². The third kappa shape index (κ3) is 5.85. The summed E-state index contributed by atoms with van der Waals surface area (Å²) in [6.45, 7) is 4.59. The molecule has 0 spiro atoms. The number of benzene rings is 2. The monoisotopic (exact) mass is 451 g/mol. The van der Waals surface area contributed by atoms with E-state index in [1.165, 1.54) is 18.5 Å². The summed E-state index contributed by atoms with van der Waals surface area (Å²) in [7, 11) is 0. The zero-order chi connectivity index (χ0) is 22.6. The van der Waals surface area contributed by atoms with Gasteiger partial charge in [0.25, 0.3) is 0 Å². The summed E-state index contributed by atoms with van der Waals surface area (Å²) < 4.78 is 20.2. The fraction of sp³-hybridized carbons (Fsp3) is 0.519. The molecule has 2 aromatic carbocycles. The molecule has 2 aliphatic heterocycles. The molecule has 3 aliphatic rings. The maximum absolute atomic E-state index is 14.6. The Morgan fingerprint density at radius 3 is 2.58 bits per heavy atom. The van der Waals surface area contributed by atoms with Gasteiger partial charge in [-0.15, -0.1) is 0 Å². The number of amides is 1. The van der Waals surface area contributed by atoms with Crippen LogP contribution in [0.4, 0.5) is 10.1 Å². The molecule has 1 aliphatic carbocycles. The van der Waals surface area contributed by atoms with E-state index in [-0.39, 0.29) is 29.8 Å². The van der Waals surface area contributed by atoms with Crippen molar-refractivity contribution in [1.29, 1.82) is 0 Å². The Hall–Kier alpha value is -2.60. The van der Waals surface area contributed by atoms with E-state index in [1.54, 1.807) is 12.1 Å². The predicted octanol–water partition coefficient (Wildman–Crippen LogP) is 4.02. The van der Waals surface area contributed by atoms with Crippen molar-refractivity contribution in [2.75, 3.05) is 37.6 Å². The first-order valence-corrected chi connectivity index (χ1v) is 12.4. The van der Waals surface area contributed by atoms with Crippen LogP contribution in [-0.2, 0) is 11.2 Å². The number of anilines is 1. The van der Waals surface area contributed by atoms with Crippen molar-refractivity contribution in [1.82, 2.24) is 10.2 Å². The number of halogens is 1. The second-order valence-corrected chi connectivity index (χ2v) is 9.77. The zero-order valence-corrected chi connectivity index (χ0v) is 19.2. The Morgan fingerprint density at radius 1 is 1.06 bits per heavy atom. The summed E-state index contributed by atoms with van der Waals surface area (Å²) in [5.41, 5.74) is 2.07. The molecule has 1 unspecified atom stereocenters. The molecule has 33 heavy (non-hydrogen) atoms. The lowest BCUT2D eigenvalue weighted by Crippen LogP contribution is -2.46. The number of ether oxygens (including phenoxy) is 1. The van der Waals surface area contributed by atoms with Gasteiger partial charge in [0.1, 0.15) is 0 Å². The fourth-order valence-electron chi connectivity index (χ4n) is 5.02.